The summed E-state index contributed by atoms with van der Waals surface area (Å²) in [6.45, 7) is 64.7. The minimum absolute atomic E-state index is 0.0281. The minimum atomic E-state index is -0.144. The van der Waals surface area contributed by atoms with Crippen molar-refractivity contribution in [3.63, 3.8) is 0 Å². The first-order valence-corrected chi connectivity index (χ1v) is 47.3. The second-order valence-electron chi connectivity index (χ2n) is 43.2. The lowest BCUT2D eigenvalue weighted by atomic mass is 9.35. The van der Waals surface area contributed by atoms with Crippen LogP contribution in [0, 0.1) is 13.8 Å². The van der Waals surface area contributed by atoms with Gasteiger partial charge in [0.1, 0.15) is 17.4 Å². The first kappa shape index (κ1) is 88.7. The van der Waals surface area contributed by atoms with Crippen LogP contribution in [0.25, 0.3) is 21.9 Å². The fraction of sp³-hybridized carbons (Fsp3) is 0.396. The van der Waals surface area contributed by atoms with E-state index in [1.165, 1.54) is 96.2 Å². The van der Waals surface area contributed by atoms with Gasteiger partial charge in [-0.15, -0.1) is 67.1 Å². The van der Waals surface area contributed by atoms with Gasteiger partial charge in [0, 0.05) is 77.7 Å². The molecule has 0 radical (unpaired) electrons. The van der Waals surface area contributed by atoms with Crippen LogP contribution in [0.2, 0.25) is 10.0 Å². The Morgan fingerprint density at radius 3 is 1.24 bits per heavy atom. The van der Waals surface area contributed by atoms with E-state index < -0.39 is 0 Å². The van der Waals surface area contributed by atoms with Crippen molar-refractivity contribution in [2.45, 2.75) is 274 Å². The lowest BCUT2D eigenvalue weighted by Crippen LogP contribution is -2.61. The van der Waals surface area contributed by atoms with E-state index >= 15 is 0 Å². The third-order valence-corrected chi connectivity index (χ3v) is 26.6. The van der Waals surface area contributed by atoms with Crippen molar-refractivity contribution in [1.29, 1.82) is 0 Å². The molecule has 0 amide bonds. The maximum Gasteiger partial charge on any atom is 0.355 e. The first-order chi connectivity index (χ1) is 55.1. The molecule has 0 N–H and O–H groups in total. The van der Waals surface area contributed by atoms with E-state index in [-0.39, 0.29) is 60.9 Å². The normalized spacial score (nSPS) is 15.9. The molecule has 6 nitrogen and oxygen atoms in total. The Morgan fingerprint density at radius 1 is 0.370 bits per heavy atom. The third kappa shape index (κ3) is 17.3. The lowest BCUT2D eigenvalue weighted by Gasteiger charge is -2.45. The highest BCUT2D eigenvalue weighted by atomic mass is 127. The molecule has 2 aliphatic heterocycles. The Kier molecular flexibility index (Phi) is 23.5. The smallest absolute Gasteiger partial charge is 0.355 e. The molecule has 0 spiro atoms. The molecule has 13 heteroatoms. The Hall–Kier alpha value is -6.62. The van der Waals surface area contributed by atoms with Gasteiger partial charge in [-0.1, -0.05) is 276 Å². The molecule has 4 aliphatic rings. The van der Waals surface area contributed by atoms with Gasteiger partial charge in [0.15, 0.2) is 0 Å². The van der Waals surface area contributed by atoms with Crippen LogP contribution < -0.4 is 36.2 Å². The maximum absolute atomic E-state index is 7.40. The second kappa shape index (κ2) is 31.6. The molecular weight excluding hydrogens is 1830 g/mol. The predicted octanol–water partition coefficient (Wildman–Crippen LogP) is 32.6. The molecule has 2 aliphatic carbocycles. The lowest BCUT2D eigenvalue weighted by molar-refractivity contribution is 0.332. The van der Waals surface area contributed by atoms with E-state index in [0.29, 0.717) is 10.0 Å². The topological polar surface area (TPSA) is 39.2 Å². The average molecular weight is 1960 g/mol. The monoisotopic (exact) mass is 1960 g/mol. The van der Waals surface area contributed by atoms with E-state index in [2.05, 4.69) is 463 Å². The van der Waals surface area contributed by atoms with Crippen molar-refractivity contribution in [1.82, 2.24) is 0 Å². The Morgan fingerprint density at radius 2 is 0.756 bits per heavy atom. The van der Waals surface area contributed by atoms with Gasteiger partial charge in [-0.3, -0.25) is 0 Å². The van der Waals surface area contributed by atoms with Gasteiger partial charge in [0.05, 0.1) is 17.0 Å². The number of anilines is 12. The van der Waals surface area contributed by atoms with Gasteiger partial charge in [-0.25, -0.2) is 0 Å². The van der Waals surface area contributed by atoms with Crippen molar-refractivity contribution in [3.05, 3.63) is 265 Å². The van der Waals surface area contributed by atoms with Crippen LogP contribution >= 0.6 is 90.3 Å². The van der Waals surface area contributed by atoms with Crippen LogP contribution in [0.3, 0.4) is 0 Å². The molecule has 10 aromatic carbocycles. The number of fused-ring (bicyclic) bond motifs is 9. The molecule has 0 unspecified atom stereocenters. The van der Waals surface area contributed by atoms with Gasteiger partial charge in [-0.05, 0) is 281 Å². The van der Waals surface area contributed by atoms with Crippen molar-refractivity contribution in [2.75, 3.05) is 19.6 Å². The molecule has 2 aromatic heterocycles. The van der Waals surface area contributed by atoms with Crippen molar-refractivity contribution in [3.8, 4) is 0 Å². The van der Waals surface area contributed by atoms with Crippen LogP contribution in [0.4, 0.5) is 68.2 Å². The molecule has 119 heavy (non-hydrogen) atoms. The summed E-state index contributed by atoms with van der Waals surface area (Å²) in [6, 6.07) is 68.5. The van der Waals surface area contributed by atoms with Gasteiger partial charge < -0.3 is 28.4 Å². The summed E-state index contributed by atoms with van der Waals surface area (Å²) in [4.78, 5) is 9.71. The molecule has 4 heterocycles. The van der Waals surface area contributed by atoms with Gasteiger partial charge in [0.25, 0.3) is 6.71 Å². The molecule has 620 valence electrons. The van der Waals surface area contributed by atoms with Crippen LogP contribution in [-0.4, -0.2) is 6.99 Å². The molecule has 12 aromatic rings. The summed E-state index contributed by atoms with van der Waals surface area (Å²) < 4.78 is 14.4. The molecular formula is C106H123B2Cl2I3N4O2. The Bertz CT molecular complexity index is 5830. The first-order valence-electron chi connectivity index (χ1n) is 42.8. The summed E-state index contributed by atoms with van der Waals surface area (Å²) >= 11 is 21.6. The highest BCUT2D eigenvalue weighted by molar-refractivity contribution is 14.4. The number of furan rings is 2. The number of rotatable bonds is 8. The zero-order valence-corrected chi connectivity index (χ0v) is 83.9. The summed E-state index contributed by atoms with van der Waals surface area (Å²) in [5, 5.41) is 3.59. The average Bonchev–Trinajstić information content (AvgIpc) is 1.65. The van der Waals surface area contributed by atoms with Gasteiger partial charge in [-0.2, -0.15) is 0 Å². The zero-order valence-electron chi connectivity index (χ0n) is 75.9. The van der Waals surface area contributed by atoms with Crippen LogP contribution in [0.5, 0.6) is 0 Å². The number of nitrogens with zero attached hydrogens (tertiary/aromatic N) is 4. The predicted molar refractivity (Wildman–Crippen MR) is 546 cm³/mol. The van der Waals surface area contributed by atoms with Gasteiger partial charge in [0.2, 0.25) is 0 Å². The fourth-order valence-electron chi connectivity index (χ4n) is 18.5. The zero-order chi connectivity index (χ0) is 86.7. The molecule has 0 fully saturated rings. The number of halogens is 5. The highest BCUT2D eigenvalue weighted by Crippen LogP contribution is 2.56. The standard InChI is InChI=1S/C53H60BClN2O.C53H63ClN2O.BI3/c1-31-25-38-39(53(13,14)24-23-52(38,11)12)30-42(31)57-44-29-35(55)28-43-46(44)54(48-47(57)37-26-33(50(5,6)7)18-22-45(37)58-48)40-27-34(51(8,9)10)17-21-41(40)56(43)36-19-15-32(16-20-36)49(2,3)4;1-34-27-44-45(53(13,14)26-25-52(44,11)12)32-46(34)56(47-33-57-48-24-19-37(28-43(47)48)51(8,9)10)42-30-38(54)29-41(31-42)55(39-20-15-35(16-21-39)49(2,3)4)40-22-17-36(18-23-40)50(5,6)7;2-1(3)4/h15-22,25-30H,23-24H2,1-14H3;15-24,27-33H,25-26H2,1-14H3;. The summed E-state index contributed by atoms with van der Waals surface area (Å²) in [7, 11) is 0. The maximum atomic E-state index is 7.40. The largest absolute Gasteiger partial charge is 0.468 e. The van der Waals surface area contributed by atoms with Crippen molar-refractivity contribution < 1.29 is 8.83 Å². The van der Waals surface area contributed by atoms with Crippen molar-refractivity contribution >= 4 is 204 Å². The van der Waals surface area contributed by atoms with Gasteiger partial charge >= 0.3 is 0.282 Å². The number of aryl methyl sites for hydroxylation is 2. The molecule has 16 rings (SSSR count). The second-order valence-corrected chi connectivity index (χ2v) is 55.0. The SMILES string of the molecule is Cc1cc2c(cc1N(c1cc(Cl)cc(N(c3ccc(C(C)(C)C)cc3)c3ccc(C(C)(C)C)cc3)c1)c1coc3ccc(C(C)(C)C)cc13)C(C)(C)CCC2(C)C.Cc1cc2c(cc1N1c3cc(Cl)cc4c3B(c3cc(C(C)(C)C)ccc3N4c3ccc(C(C)(C)C)cc3)c3oc4ccc(C(C)(C)C)cc4c31)C(C)(C)CCC2(C)C.IB(I)I. The van der Waals surface area contributed by atoms with E-state index in [1.807, 2.05) is 6.26 Å². The van der Waals surface area contributed by atoms with E-state index in [9.17, 15) is 0 Å². The van der Waals surface area contributed by atoms with E-state index in [0.717, 1.165) is 103 Å². The van der Waals surface area contributed by atoms with E-state index in [4.69, 9.17) is 32.0 Å². The minimum Gasteiger partial charge on any atom is -0.468 e. The number of benzene rings is 10. The van der Waals surface area contributed by atoms with Crippen LogP contribution in [0.15, 0.2) is 197 Å². The van der Waals surface area contributed by atoms with Crippen LogP contribution in [0.1, 0.15) is 272 Å². The van der Waals surface area contributed by atoms with Crippen LogP contribution in [-0.2, 0) is 54.1 Å². The Balaban J connectivity index is 0.000000187. The van der Waals surface area contributed by atoms with Crippen molar-refractivity contribution in [2.24, 2.45) is 0 Å². The Labute approximate surface area is 763 Å². The molecule has 0 saturated heterocycles. The molecule has 0 bridgehead atoms. The highest BCUT2D eigenvalue weighted by Gasteiger charge is 2.49. The summed E-state index contributed by atoms with van der Waals surface area (Å²) in [5.41, 5.74) is 34.5. The summed E-state index contributed by atoms with van der Waals surface area (Å²) in [6.07, 6.45) is 6.55. The fourth-order valence-corrected chi connectivity index (χ4v) is 18.9. The number of hydrogen-bond acceptors (Lipinski definition) is 6. The third-order valence-electron chi connectivity index (χ3n) is 26.2. The molecule has 0 saturated carbocycles. The summed E-state index contributed by atoms with van der Waals surface area (Å²) in [5.74, 6) is 0. The quantitative estimate of drug-likeness (QED) is 0.112. The van der Waals surface area contributed by atoms with E-state index in [1.54, 1.807) is 0 Å². The number of hydrogen-bond donors (Lipinski definition) is 0. The molecule has 0 atom stereocenters.